The fourth-order valence-electron chi connectivity index (χ4n) is 0.891. The van der Waals surface area contributed by atoms with E-state index in [1.807, 2.05) is 0 Å². The highest BCUT2D eigenvalue weighted by atomic mass is 32.2. The lowest BCUT2D eigenvalue weighted by atomic mass is 10.2. The number of aldehydes is 1. The Balaban J connectivity index is 3.34. The predicted molar refractivity (Wildman–Crippen MR) is 49.4 cm³/mol. The van der Waals surface area contributed by atoms with Gasteiger partial charge in [-0.3, -0.25) is 4.79 Å². The molecule has 0 saturated carbocycles. The van der Waals surface area contributed by atoms with E-state index in [0.29, 0.717) is 11.8 Å². The Labute approximate surface area is 76.3 Å². The Morgan fingerprint density at radius 2 is 2.00 bits per heavy atom. The second kappa shape index (κ2) is 3.18. The van der Waals surface area contributed by atoms with Crippen molar-refractivity contribution < 1.29 is 13.2 Å². The number of nitrogens with two attached hydrogens (primary N) is 1. The number of hydrogen-bond donors (Lipinski definition) is 1. The van der Waals surface area contributed by atoms with Crippen LogP contribution < -0.4 is 5.73 Å². The van der Waals surface area contributed by atoms with Crippen molar-refractivity contribution in [3.05, 3.63) is 23.8 Å². The predicted octanol–water partition coefficient (Wildman–Crippen LogP) is 0.485. The Kier molecular flexibility index (Phi) is 2.38. The quantitative estimate of drug-likeness (QED) is 0.555. The summed E-state index contributed by atoms with van der Waals surface area (Å²) in [5.74, 6) is 0. The van der Waals surface area contributed by atoms with E-state index < -0.39 is 9.84 Å². The maximum atomic E-state index is 11.0. The highest BCUT2D eigenvalue weighted by Gasteiger charge is 2.08. The molecule has 1 aromatic rings. The van der Waals surface area contributed by atoms with Crippen LogP contribution in [0, 0.1) is 0 Å². The minimum atomic E-state index is -3.25. The molecule has 0 radical (unpaired) electrons. The van der Waals surface area contributed by atoms with Gasteiger partial charge in [-0.15, -0.1) is 0 Å². The molecular formula is C8H9NO3S. The molecule has 0 atom stereocenters. The first-order valence-electron chi connectivity index (χ1n) is 3.50. The van der Waals surface area contributed by atoms with Crippen molar-refractivity contribution in [2.45, 2.75) is 4.90 Å². The third kappa shape index (κ3) is 2.06. The van der Waals surface area contributed by atoms with Crippen LogP contribution in [0.15, 0.2) is 23.1 Å². The molecule has 0 aliphatic heterocycles. The zero-order valence-electron chi connectivity index (χ0n) is 7.02. The first kappa shape index (κ1) is 9.73. The Morgan fingerprint density at radius 3 is 2.38 bits per heavy atom. The maximum Gasteiger partial charge on any atom is 0.175 e. The van der Waals surface area contributed by atoms with E-state index >= 15 is 0 Å². The van der Waals surface area contributed by atoms with Crippen LogP contribution in [0.25, 0.3) is 0 Å². The van der Waals surface area contributed by atoms with Crippen LogP contribution in [0.1, 0.15) is 10.4 Å². The van der Waals surface area contributed by atoms with Crippen molar-refractivity contribution in [3.63, 3.8) is 0 Å². The zero-order valence-corrected chi connectivity index (χ0v) is 7.84. The second-order valence-electron chi connectivity index (χ2n) is 2.68. The van der Waals surface area contributed by atoms with Gasteiger partial charge in [-0.1, -0.05) is 0 Å². The summed E-state index contributed by atoms with van der Waals surface area (Å²) >= 11 is 0. The average molecular weight is 199 g/mol. The Morgan fingerprint density at radius 1 is 1.38 bits per heavy atom. The first-order chi connectivity index (χ1) is 5.95. The fraction of sp³-hybridized carbons (Fsp3) is 0.125. The molecule has 0 saturated heterocycles. The Hall–Kier alpha value is -1.36. The number of rotatable bonds is 2. The van der Waals surface area contributed by atoms with Gasteiger partial charge in [0.25, 0.3) is 0 Å². The highest BCUT2D eigenvalue weighted by molar-refractivity contribution is 7.90. The summed E-state index contributed by atoms with van der Waals surface area (Å²) in [6.07, 6.45) is 1.67. The van der Waals surface area contributed by atoms with Crippen LogP contribution in [-0.4, -0.2) is 21.0 Å². The number of nitrogen functional groups attached to an aromatic ring is 1. The standard InChI is InChI=1S/C8H9NO3S/c1-13(11,12)7-3-2-6(5-10)8(9)4-7/h2-5H,9H2,1H3. The van der Waals surface area contributed by atoms with Crippen LogP contribution in [0.3, 0.4) is 0 Å². The van der Waals surface area contributed by atoms with Crippen LogP contribution in [-0.2, 0) is 9.84 Å². The fourth-order valence-corrected chi connectivity index (χ4v) is 1.55. The van der Waals surface area contributed by atoms with Gasteiger partial charge in [0, 0.05) is 17.5 Å². The van der Waals surface area contributed by atoms with Gasteiger partial charge < -0.3 is 5.73 Å². The molecule has 1 aromatic carbocycles. The molecule has 0 unspecified atom stereocenters. The third-order valence-electron chi connectivity index (χ3n) is 1.61. The van der Waals surface area contributed by atoms with Crippen molar-refractivity contribution in [2.24, 2.45) is 0 Å². The van der Waals surface area contributed by atoms with E-state index in [4.69, 9.17) is 5.73 Å². The number of benzene rings is 1. The molecule has 70 valence electrons. The molecule has 0 aromatic heterocycles. The van der Waals surface area contributed by atoms with Gasteiger partial charge in [-0.2, -0.15) is 0 Å². The van der Waals surface area contributed by atoms with Crippen molar-refractivity contribution in [3.8, 4) is 0 Å². The lowest BCUT2D eigenvalue weighted by molar-refractivity contribution is 0.112. The van der Waals surface area contributed by atoms with Crippen molar-refractivity contribution >= 4 is 21.8 Å². The van der Waals surface area contributed by atoms with Gasteiger partial charge in [-0.05, 0) is 18.2 Å². The summed E-state index contributed by atoms with van der Waals surface area (Å²) in [5.41, 5.74) is 5.91. The Bertz CT molecular complexity index is 437. The minimum absolute atomic E-state index is 0.121. The first-order valence-corrected chi connectivity index (χ1v) is 5.39. The molecule has 13 heavy (non-hydrogen) atoms. The summed E-state index contributed by atoms with van der Waals surface area (Å²) in [5, 5.41) is 0. The van der Waals surface area contributed by atoms with E-state index in [2.05, 4.69) is 0 Å². The second-order valence-corrected chi connectivity index (χ2v) is 4.70. The molecule has 0 aliphatic carbocycles. The van der Waals surface area contributed by atoms with Gasteiger partial charge in [0.2, 0.25) is 0 Å². The molecule has 0 bridgehead atoms. The normalized spacial score (nSPS) is 11.2. The van der Waals surface area contributed by atoms with Crippen LogP contribution in [0.4, 0.5) is 5.69 Å². The molecule has 0 amide bonds. The number of sulfone groups is 1. The summed E-state index contributed by atoms with van der Waals surface area (Å²) in [7, 11) is -3.25. The minimum Gasteiger partial charge on any atom is -0.398 e. The SMILES string of the molecule is CS(=O)(=O)c1ccc(C=O)c(N)c1. The molecule has 4 nitrogen and oxygen atoms in total. The summed E-state index contributed by atoms with van der Waals surface area (Å²) in [4.78, 5) is 10.5. The van der Waals surface area contributed by atoms with Crippen molar-refractivity contribution in [1.82, 2.24) is 0 Å². The molecule has 1 rings (SSSR count). The summed E-state index contributed by atoms with van der Waals surface area (Å²) in [6, 6.07) is 4.02. The lowest BCUT2D eigenvalue weighted by Crippen LogP contribution is -2.00. The highest BCUT2D eigenvalue weighted by Crippen LogP contribution is 2.16. The number of hydrogen-bond acceptors (Lipinski definition) is 4. The number of anilines is 1. The lowest BCUT2D eigenvalue weighted by Gasteiger charge is -2.01. The van der Waals surface area contributed by atoms with Crippen LogP contribution in [0.2, 0.25) is 0 Å². The van der Waals surface area contributed by atoms with Gasteiger partial charge >= 0.3 is 0 Å². The molecule has 0 heterocycles. The summed E-state index contributed by atoms with van der Waals surface area (Å²) in [6.45, 7) is 0. The molecule has 0 fully saturated rings. The molecule has 0 spiro atoms. The molecule has 2 N–H and O–H groups in total. The van der Waals surface area contributed by atoms with E-state index in [1.54, 1.807) is 0 Å². The molecule has 5 heteroatoms. The van der Waals surface area contributed by atoms with Crippen molar-refractivity contribution in [2.75, 3.05) is 12.0 Å². The van der Waals surface area contributed by atoms with Gasteiger partial charge in [0.15, 0.2) is 16.1 Å². The largest absolute Gasteiger partial charge is 0.398 e. The number of carbonyl (C=O) groups is 1. The van der Waals surface area contributed by atoms with E-state index in [-0.39, 0.29) is 10.6 Å². The summed E-state index contributed by atoms with van der Waals surface area (Å²) < 4.78 is 22.1. The van der Waals surface area contributed by atoms with Gasteiger partial charge in [0.05, 0.1) is 4.90 Å². The topological polar surface area (TPSA) is 77.2 Å². The third-order valence-corrected chi connectivity index (χ3v) is 2.72. The van der Waals surface area contributed by atoms with E-state index in [1.165, 1.54) is 18.2 Å². The average Bonchev–Trinajstić information content (AvgIpc) is 2.02. The van der Waals surface area contributed by atoms with E-state index in [0.717, 1.165) is 6.26 Å². The zero-order chi connectivity index (χ0) is 10.1. The molecular weight excluding hydrogens is 190 g/mol. The van der Waals surface area contributed by atoms with Crippen LogP contribution in [0.5, 0.6) is 0 Å². The monoisotopic (exact) mass is 199 g/mol. The smallest absolute Gasteiger partial charge is 0.175 e. The maximum absolute atomic E-state index is 11.0. The molecule has 0 aliphatic rings. The van der Waals surface area contributed by atoms with Gasteiger partial charge in [-0.25, -0.2) is 8.42 Å². The number of carbonyl (C=O) groups excluding carboxylic acids is 1. The van der Waals surface area contributed by atoms with Gasteiger partial charge in [0.1, 0.15) is 0 Å². The van der Waals surface area contributed by atoms with Crippen molar-refractivity contribution in [1.29, 1.82) is 0 Å². The van der Waals surface area contributed by atoms with Crippen LogP contribution >= 0.6 is 0 Å². The van der Waals surface area contributed by atoms with E-state index in [9.17, 15) is 13.2 Å².